The summed E-state index contributed by atoms with van der Waals surface area (Å²) in [5.74, 6) is -1.04. The van der Waals surface area contributed by atoms with Crippen molar-refractivity contribution in [2.24, 2.45) is 0 Å². The lowest BCUT2D eigenvalue weighted by Gasteiger charge is -2.31. The third-order valence-corrected chi connectivity index (χ3v) is 5.24. The van der Waals surface area contributed by atoms with Crippen molar-refractivity contribution < 1.29 is 23.8 Å². The highest BCUT2D eigenvalue weighted by molar-refractivity contribution is 6.14. The van der Waals surface area contributed by atoms with Crippen molar-refractivity contribution in [2.45, 2.75) is 6.04 Å². The van der Waals surface area contributed by atoms with Crippen LogP contribution in [0.15, 0.2) is 64.6 Å². The largest absolute Gasteiger partial charge is 0.503 e. The highest BCUT2D eigenvalue weighted by atomic mass is 16.5. The number of furan rings is 1. The molecule has 2 aliphatic rings. The minimum Gasteiger partial charge on any atom is -0.503 e. The predicted octanol–water partition coefficient (Wildman–Crippen LogP) is 1.98. The zero-order valence-electron chi connectivity index (χ0n) is 16.4. The maximum atomic E-state index is 13.0. The van der Waals surface area contributed by atoms with Crippen LogP contribution < -0.4 is 0 Å². The van der Waals surface area contributed by atoms with Gasteiger partial charge in [-0.15, -0.1) is 0 Å². The second-order valence-electron chi connectivity index (χ2n) is 7.08. The monoisotopic (exact) mass is 409 g/mol. The van der Waals surface area contributed by atoms with Crippen molar-refractivity contribution in [2.75, 3.05) is 39.4 Å². The molecule has 0 radical (unpaired) electrons. The first-order chi connectivity index (χ1) is 14.6. The van der Waals surface area contributed by atoms with Gasteiger partial charge in [0.2, 0.25) is 0 Å². The first-order valence-corrected chi connectivity index (χ1v) is 9.86. The molecule has 2 aromatic rings. The summed E-state index contributed by atoms with van der Waals surface area (Å²) < 4.78 is 10.6. The van der Waals surface area contributed by atoms with E-state index in [1.54, 1.807) is 36.5 Å². The highest BCUT2D eigenvalue weighted by Crippen LogP contribution is 2.36. The molecule has 156 valence electrons. The first-order valence-electron chi connectivity index (χ1n) is 9.86. The molecule has 1 saturated heterocycles. The van der Waals surface area contributed by atoms with Crippen LogP contribution in [-0.4, -0.2) is 71.0 Å². The number of hydrogen-bond donors (Lipinski definition) is 1. The quantitative estimate of drug-likeness (QED) is 0.699. The van der Waals surface area contributed by atoms with Crippen LogP contribution in [0.4, 0.5) is 0 Å². The molecule has 2 aromatic heterocycles. The van der Waals surface area contributed by atoms with Crippen LogP contribution in [0, 0.1) is 0 Å². The van der Waals surface area contributed by atoms with Gasteiger partial charge in [-0.25, -0.2) is 0 Å². The van der Waals surface area contributed by atoms with Crippen molar-refractivity contribution in [3.05, 3.63) is 71.7 Å². The van der Waals surface area contributed by atoms with Gasteiger partial charge in [-0.1, -0.05) is 6.07 Å². The Kier molecular flexibility index (Phi) is 6.06. The maximum Gasteiger partial charge on any atom is 0.290 e. The number of nitrogens with zero attached hydrogens (tertiary/aromatic N) is 3. The van der Waals surface area contributed by atoms with Crippen molar-refractivity contribution in [1.82, 2.24) is 14.8 Å². The first kappa shape index (κ1) is 20.1. The summed E-state index contributed by atoms with van der Waals surface area (Å²) in [5, 5.41) is 10.6. The number of aliphatic hydroxyl groups is 1. The second-order valence-corrected chi connectivity index (χ2v) is 7.08. The average Bonchev–Trinajstić information content (AvgIpc) is 3.39. The normalized spacial score (nSPS) is 20.5. The molecular formula is C22H23N3O5. The zero-order valence-corrected chi connectivity index (χ0v) is 16.4. The molecule has 0 aromatic carbocycles. The SMILES string of the molecule is O=C(C=Cc1ccco1)C1=C(O)C(=O)N(CCN2CCOCC2)C1c1ccccn1. The van der Waals surface area contributed by atoms with E-state index in [-0.39, 0.29) is 5.57 Å². The number of carbonyl (C=O) groups is 2. The molecule has 1 N–H and O–H groups in total. The molecule has 1 fully saturated rings. The fourth-order valence-corrected chi connectivity index (χ4v) is 3.69. The van der Waals surface area contributed by atoms with Crippen LogP contribution in [0.1, 0.15) is 17.5 Å². The number of rotatable bonds is 7. The van der Waals surface area contributed by atoms with Crippen LogP contribution in [0.3, 0.4) is 0 Å². The van der Waals surface area contributed by atoms with Crippen molar-refractivity contribution in [3.63, 3.8) is 0 Å². The summed E-state index contributed by atoms with van der Waals surface area (Å²) in [6, 6.07) is 7.99. The molecule has 1 atom stereocenters. The van der Waals surface area contributed by atoms with E-state index in [1.165, 1.54) is 23.3 Å². The molecule has 0 aliphatic carbocycles. The molecule has 4 heterocycles. The third-order valence-electron chi connectivity index (χ3n) is 5.24. The second kappa shape index (κ2) is 9.06. The van der Waals surface area contributed by atoms with E-state index in [2.05, 4.69) is 9.88 Å². The Morgan fingerprint density at radius 2 is 2.03 bits per heavy atom. The number of allylic oxidation sites excluding steroid dienone is 1. The maximum absolute atomic E-state index is 13.0. The fourth-order valence-electron chi connectivity index (χ4n) is 3.69. The van der Waals surface area contributed by atoms with Gasteiger partial charge in [0.25, 0.3) is 5.91 Å². The lowest BCUT2D eigenvalue weighted by molar-refractivity contribution is -0.129. The Morgan fingerprint density at radius 1 is 1.20 bits per heavy atom. The van der Waals surface area contributed by atoms with Crippen LogP contribution in [0.2, 0.25) is 0 Å². The highest BCUT2D eigenvalue weighted by Gasteiger charge is 2.43. The van der Waals surface area contributed by atoms with E-state index in [0.717, 1.165) is 13.1 Å². The summed E-state index contributed by atoms with van der Waals surface area (Å²) in [4.78, 5) is 33.9. The summed E-state index contributed by atoms with van der Waals surface area (Å²) >= 11 is 0. The average molecular weight is 409 g/mol. The minimum absolute atomic E-state index is 0.0310. The molecule has 8 nitrogen and oxygen atoms in total. The van der Waals surface area contributed by atoms with Crippen molar-refractivity contribution in [1.29, 1.82) is 0 Å². The number of pyridine rings is 1. The lowest BCUT2D eigenvalue weighted by atomic mass is 9.99. The molecule has 0 bridgehead atoms. The summed E-state index contributed by atoms with van der Waals surface area (Å²) in [5.41, 5.74) is 0.565. The minimum atomic E-state index is -0.742. The Bertz CT molecular complexity index is 946. The molecule has 0 spiro atoms. The number of morpholine rings is 1. The van der Waals surface area contributed by atoms with Crippen molar-refractivity contribution >= 4 is 17.8 Å². The fraction of sp³-hybridized carbons (Fsp3) is 0.318. The number of aliphatic hydroxyl groups excluding tert-OH is 1. The van der Waals surface area contributed by atoms with Gasteiger partial charge >= 0.3 is 0 Å². The molecule has 1 amide bonds. The number of ether oxygens (including phenoxy) is 1. The van der Waals surface area contributed by atoms with E-state index in [9.17, 15) is 14.7 Å². The van der Waals surface area contributed by atoms with Gasteiger partial charge in [0.1, 0.15) is 11.8 Å². The van der Waals surface area contributed by atoms with E-state index < -0.39 is 23.5 Å². The Balaban J connectivity index is 1.59. The Hall–Kier alpha value is -3.23. The van der Waals surface area contributed by atoms with Gasteiger partial charge in [-0.3, -0.25) is 19.5 Å². The lowest BCUT2D eigenvalue weighted by Crippen LogP contribution is -2.43. The van der Waals surface area contributed by atoms with Gasteiger partial charge < -0.3 is 19.2 Å². The van der Waals surface area contributed by atoms with Crippen LogP contribution in [0.25, 0.3) is 6.08 Å². The predicted molar refractivity (Wildman–Crippen MR) is 108 cm³/mol. The molecule has 2 aliphatic heterocycles. The van der Waals surface area contributed by atoms with Gasteiger partial charge in [0.05, 0.1) is 30.7 Å². The number of hydrogen-bond acceptors (Lipinski definition) is 7. The van der Waals surface area contributed by atoms with E-state index >= 15 is 0 Å². The van der Waals surface area contributed by atoms with E-state index in [1.807, 2.05) is 0 Å². The van der Waals surface area contributed by atoms with Gasteiger partial charge in [0.15, 0.2) is 11.5 Å². The third kappa shape index (κ3) is 4.19. The molecule has 0 saturated carbocycles. The van der Waals surface area contributed by atoms with Crippen LogP contribution in [0.5, 0.6) is 0 Å². The van der Waals surface area contributed by atoms with Crippen LogP contribution >= 0.6 is 0 Å². The number of carbonyl (C=O) groups excluding carboxylic acids is 2. The van der Waals surface area contributed by atoms with Gasteiger partial charge in [-0.2, -0.15) is 0 Å². The smallest absolute Gasteiger partial charge is 0.290 e. The summed E-state index contributed by atoms with van der Waals surface area (Å²) in [7, 11) is 0. The summed E-state index contributed by atoms with van der Waals surface area (Å²) in [6.07, 6.45) is 5.93. The van der Waals surface area contributed by atoms with Crippen molar-refractivity contribution in [3.8, 4) is 0 Å². The number of ketones is 1. The van der Waals surface area contributed by atoms with E-state index in [0.29, 0.717) is 37.8 Å². The van der Waals surface area contributed by atoms with E-state index in [4.69, 9.17) is 9.15 Å². The molecule has 30 heavy (non-hydrogen) atoms. The number of amides is 1. The zero-order chi connectivity index (χ0) is 20.9. The topological polar surface area (TPSA) is 96.1 Å². The summed E-state index contributed by atoms with van der Waals surface area (Å²) in [6.45, 7) is 3.86. The van der Waals surface area contributed by atoms with Gasteiger partial charge in [-0.05, 0) is 36.4 Å². The molecular weight excluding hydrogens is 386 g/mol. The van der Waals surface area contributed by atoms with Crippen LogP contribution in [-0.2, 0) is 14.3 Å². The Morgan fingerprint density at radius 3 is 2.73 bits per heavy atom. The standard InChI is InChI=1S/C22H23N3O5/c26-18(7-6-16-4-3-13-30-16)19-20(17-5-1-2-8-23-17)25(22(28)21(19)27)10-9-24-11-14-29-15-12-24/h1-8,13,20,27H,9-12,14-15H2. The molecule has 4 rings (SSSR count). The molecule has 1 unspecified atom stereocenters. The van der Waals surface area contributed by atoms with Gasteiger partial charge in [0, 0.05) is 32.4 Å². The molecule has 8 heteroatoms. The number of aromatic nitrogens is 1. The Labute approximate surface area is 174 Å².